The standard InChI is InChI=1S/C13H19IN2O3/c1-13(16-11(18)2-3-12(16)19)6-4-9(5-7-13)15-10(17)8-14/h9H,2-8H2,1H3,(H,15,17). The number of carbonyl (C=O) groups is 3. The van der Waals surface area contributed by atoms with E-state index < -0.39 is 0 Å². The van der Waals surface area contributed by atoms with Crippen molar-refractivity contribution in [3.05, 3.63) is 0 Å². The third kappa shape index (κ3) is 3.09. The molecule has 2 rings (SSSR count). The lowest BCUT2D eigenvalue weighted by Crippen LogP contribution is -2.53. The predicted molar refractivity (Wildman–Crippen MR) is 78.8 cm³/mol. The van der Waals surface area contributed by atoms with Gasteiger partial charge in [0, 0.05) is 24.4 Å². The Hall–Kier alpha value is -0.660. The molecular weight excluding hydrogens is 359 g/mol. The van der Waals surface area contributed by atoms with Gasteiger partial charge in [-0.1, -0.05) is 22.6 Å². The van der Waals surface area contributed by atoms with E-state index in [1.165, 1.54) is 4.90 Å². The first-order valence-electron chi connectivity index (χ1n) is 6.67. The fourth-order valence-corrected chi connectivity index (χ4v) is 3.27. The van der Waals surface area contributed by atoms with Gasteiger partial charge in [-0.15, -0.1) is 0 Å². The smallest absolute Gasteiger partial charge is 0.230 e. The van der Waals surface area contributed by atoms with Crippen molar-refractivity contribution < 1.29 is 14.4 Å². The molecule has 0 aromatic heterocycles. The summed E-state index contributed by atoms with van der Waals surface area (Å²) in [7, 11) is 0. The quantitative estimate of drug-likeness (QED) is 0.459. The van der Waals surface area contributed by atoms with Crippen LogP contribution in [0.2, 0.25) is 0 Å². The van der Waals surface area contributed by atoms with Crippen LogP contribution < -0.4 is 5.32 Å². The molecule has 3 amide bonds. The first-order chi connectivity index (χ1) is 8.96. The summed E-state index contributed by atoms with van der Waals surface area (Å²) in [4.78, 5) is 36.5. The SMILES string of the molecule is CC1(N2C(=O)CCC2=O)CCC(NC(=O)CI)CC1. The number of nitrogens with zero attached hydrogens (tertiary/aromatic N) is 1. The van der Waals surface area contributed by atoms with Crippen LogP contribution in [-0.4, -0.2) is 38.6 Å². The highest BCUT2D eigenvalue weighted by molar-refractivity contribution is 14.1. The summed E-state index contributed by atoms with van der Waals surface area (Å²) in [5.74, 6) is -0.0213. The summed E-state index contributed by atoms with van der Waals surface area (Å²) in [5.41, 5.74) is -0.351. The fraction of sp³-hybridized carbons (Fsp3) is 0.769. The Morgan fingerprint density at radius 1 is 1.32 bits per heavy atom. The van der Waals surface area contributed by atoms with E-state index in [0.29, 0.717) is 17.3 Å². The van der Waals surface area contributed by atoms with Crippen LogP contribution in [0.5, 0.6) is 0 Å². The minimum Gasteiger partial charge on any atom is -0.353 e. The second-order valence-corrected chi connectivity index (χ2v) is 6.36. The number of rotatable bonds is 3. The van der Waals surface area contributed by atoms with Crippen LogP contribution in [0, 0.1) is 0 Å². The lowest BCUT2D eigenvalue weighted by molar-refractivity contribution is -0.147. The number of amides is 3. The first kappa shape index (κ1) is 14.7. The summed E-state index contributed by atoms with van der Waals surface area (Å²) in [6, 6.07) is 0.183. The van der Waals surface area contributed by atoms with Crippen molar-refractivity contribution in [3.63, 3.8) is 0 Å². The van der Waals surface area contributed by atoms with Crippen molar-refractivity contribution in [2.24, 2.45) is 0 Å². The summed E-state index contributed by atoms with van der Waals surface area (Å²) in [5, 5.41) is 2.98. The highest BCUT2D eigenvalue weighted by Crippen LogP contribution is 2.36. The van der Waals surface area contributed by atoms with Gasteiger partial charge in [0.15, 0.2) is 0 Å². The van der Waals surface area contributed by atoms with Crippen LogP contribution >= 0.6 is 22.6 Å². The third-order valence-corrected chi connectivity index (χ3v) is 4.83. The Kier molecular flexibility index (Phi) is 4.47. The number of hydrogen-bond donors (Lipinski definition) is 1. The van der Waals surface area contributed by atoms with E-state index in [4.69, 9.17) is 0 Å². The van der Waals surface area contributed by atoms with Gasteiger partial charge in [-0.3, -0.25) is 19.3 Å². The Labute approximate surface area is 126 Å². The summed E-state index contributed by atoms with van der Waals surface area (Å²) < 4.78 is 0.467. The zero-order chi connectivity index (χ0) is 14.0. The van der Waals surface area contributed by atoms with Crippen molar-refractivity contribution in [1.29, 1.82) is 0 Å². The number of hydrogen-bond acceptors (Lipinski definition) is 3. The van der Waals surface area contributed by atoms with Gasteiger partial charge in [0.1, 0.15) is 0 Å². The fourth-order valence-electron chi connectivity index (χ4n) is 3.05. The Bertz CT molecular complexity index is 387. The number of alkyl halides is 1. The highest BCUT2D eigenvalue weighted by Gasteiger charge is 2.44. The van der Waals surface area contributed by atoms with Crippen molar-refractivity contribution in [1.82, 2.24) is 10.2 Å². The van der Waals surface area contributed by atoms with Crippen molar-refractivity contribution in [3.8, 4) is 0 Å². The molecule has 1 saturated carbocycles. The molecule has 6 heteroatoms. The van der Waals surface area contributed by atoms with Gasteiger partial charge in [0.2, 0.25) is 17.7 Å². The van der Waals surface area contributed by atoms with E-state index in [9.17, 15) is 14.4 Å². The third-order valence-electron chi connectivity index (χ3n) is 4.14. The molecule has 0 bridgehead atoms. The first-order valence-corrected chi connectivity index (χ1v) is 8.20. The molecular formula is C13H19IN2O3. The zero-order valence-corrected chi connectivity index (χ0v) is 13.2. The molecule has 19 heavy (non-hydrogen) atoms. The van der Waals surface area contributed by atoms with Crippen molar-refractivity contribution in [2.45, 2.75) is 57.0 Å². The summed E-state index contributed by atoms with van der Waals surface area (Å²) in [6.07, 6.45) is 3.91. The average Bonchev–Trinajstić information content (AvgIpc) is 2.72. The zero-order valence-electron chi connectivity index (χ0n) is 11.1. The Morgan fingerprint density at radius 2 is 1.84 bits per heavy atom. The molecule has 0 unspecified atom stereocenters. The molecule has 1 saturated heterocycles. The van der Waals surface area contributed by atoms with Crippen LogP contribution in [0.1, 0.15) is 45.4 Å². The number of likely N-dealkylation sites (tertiary alicyclic amines) is 1. The van der Waals surface area contributed by atoms with Gasteiger partial charge in [0.25, 0.3) is 0 Å². The van der Waals surface area contributed by atoms with Gasteiger partial charge in [-0.25, -0.2) is 0 Å². The van der Waals surface area contributed by atoms with Crippen LogP contribution in [-0.2, 0) is 14.4 Å². The average molecular weight is 378 g/mol. The molecule has 1 aliphatic heterocycles. The van der Waals surface area contributed by atoms with Crippen molar-refractivity contribution >= 4 is 40.3 Å². The molecule has 5 nitrogen and oxygen atoms in total. The van der Waals surface area contributed by atoms with Gasteiger partial charge in [-0.05, 0) is 32.6 Å². The van der Waals surface area contributed by atoms with E-state index in [1.807, 2.05) is 29.5 Å². The van der Waals surface area contributed by atoms with Crippen LogP contribution in [0.25, 0.3) is 0 Å². The van der Waals surface area contributed by atoms with Crippen LogP contribution in [0.4, 0.5) is 0 Å². The van der Waals surface area contributed by atoms with Crippen molar-refractivity contribution in [2.75, 3.05) is 4.43 Å². The maximum Gasteiger partial charge on any atom is 0.230 e. The molecule has 0 aromatic carbocycles. The number of halogens is 1. The maximum absolute atomic E-state index is 11.8. The van der Waals surface area contributed by atoms with E-state index >= 15 is 0 Å². The van der Waals surface area contributed by atoms with Gasteiger partial charge >= 0.3 is 0 Å². The molecule has 0 radical (unpaired) electrons. The van der Waals surface area contributed by atoms with Crippen LogP contribution in [0.15, 0.2) is 0 Å². The number of carbonyl (C=O) groups excluding carboxylic acids is 3. The lowest BCUT2D eigenvalue weighted by Gasteiger charge is -2.42. The van der Waals surface area contributed by atoms with E-state index in [1.54, 1.807) is 0 Å². The molecule has 0 atom stereocenters. The van der Waals surface area contributed by atoms with Crippen LogP contribution in [0.3, 0.4) is 0 Å². The molecule has 1 aliphatic carbocycles. The van der Waals surface area contributed by atoms with E-state index in [-0.39, 0.29) is 29.3 Å². The molecule has 0 aromatic rings. The predicted octanol–water partition coefficient (Wildman–Crippen LogP) is 1.39. The Balaban J connectivity index is 1.96. The van der Waals surface area contributed by atoms with Gasteiger partial charge in [0.05, 0.1) is 4.43 Å². The minimum atomic E-state index is -0.351. The highest BCUT2D eigenvalue weighted by atomic mass is 127. The normalized spacial score (nSPS) is 31.7. The Morgan fingerprint density at radius 3 is 2.32 bits per heavy atom. The second-order valence-electron chi connectivity index (χ2n) is 5.60. The van der Waals surface area contributed by atoms with E-state index in [2.05, 4.69) is 5.32 Å². The molecule has 106 valence electrons. The maximum atomic E-state index is 11.8. The lowest BCUT2D eigenvalue weighted by atomic mass is 9.79. The second kappa shape index (κ2) is 5.76. The molecule has 2 aliphatic rings. The number of imide groups is 1. The minimum absolute atomic E-state index is 0.0396. The number of nitrogens with one attached hydrogen (secondary N) is 1. The topological polar surface area (TPSA) is 66.5 Å². The van der Waals surface area contributed by atoms with Gasteiger partial charge in [-0.2, -0.15) is 0 Å². The molecule has 1 N–H and O–H groups in total. The molecule has 2 fully saturated rings. The van der Waals surface area contributed by atoms with E-state index in [0.717, 1.165) is 25.7 Å². The summed E-state index contributed by atoms with van der Waals surface area (Å²) in [6.45, 7) is 1.99. The van der Waals surface area contributed by atoms with Gasteiger partial charge < -0.3 is 5.32 Å². The molecule has 1 heterocycles. The molecule has 0 spiro atoms. The largest absolute Gasteiger partial charge is 0.353 e. The summed E-state index contributed by atoms with van der Waals surface area (Å²) >= 11 is 2.04. The monoisotopic (exact) mass is 378 g/mol.